The summed E-state index contributed by atoms with van der Waals surface area (Å²) in [4.78, 5) is 32.3. The van der Waals surface area contributed by atoms with Crippen molar-refractivity contribution in [2.45, 2.75) is 31.1 Å². The van der Waals surface area contributed by atoms with Gasteiger partial charge in [-0.25, -0.2) is 13.8 Å². The molecule has 3 N–H and O–H groups in total. The molecule has 1 aliphatic carbocycles. The monoisotopic (exact) mass is 472 g/mol. The summed E-state index contributed by atoms with van der Waals surface area (Å²) in [5.74, 6) is 0.449. The molecule has 3 aromatic heterocycles. The minimum atomic E-state index is -1.02. The minimum Gasteiger partial charge on any atom is -0.373 e. The van der Waals surface area contributed by atoms with Gasteiger partial charge in [0.05, 0.1) is 18.3 Å². The van der Waals surface area contributed by atoms with Gasteiger partial charge < -0.3 is 20.5 Å². The lowest BCUT2D eigenvalue weighted by Crippen LogP contribution is -2.29. The Labute approximate surface area is 194 Å². The van der Waals surface area contributed by atoms with Crippen LogP contribution in [-0.2, 0) is 0 Å². The molecule has 5 rings (SSSR count). The molecule has 2 fully saturated rings. The van der Waals surface area contributed by atoms with E-state index in [1.54, 1.807) is 36.0 Å². The number of anilines is 3. The van der Waals surface area contributed by atoms with E-state index < -0.39 is 24.8 Å². The van der Waals surface area contributed by atoms with E-state index in [0.29, 0.717) is 36.8 Å². The van der Waals surface area contributed by atoms with Crippen LogP contribution in [0.2, 0.25) is 0 Å². The third kappa shape index (κ3) is 4.20. The first-order valence-corrected chi connectivity index (χ1v) is 11.3. The third-order valence-corrected chi connectivity index (χ3v) is 6.28. The van der Waals surface area contributed by atoms with Gasteiger partial charge in [0.15, 0.2) is 5.65 Å². The highest BCUT2D eigenvalue weighted by Crippen LogP contribution is 2.26. The van der Waals surface area contributed by atoms with Crippen LogP contribution in [0.3, 0.4) is 0 Å². The number of likely N-dealkylation sites (tertiary alicyclic amines) is 1. The Hall–Kier alpha value is -3.54. The average Bonchev–Trinajstić information content (AvgIpc) is 3.18. The van der Waals surface area contributed by atoms with E-state index in [9.17, 15) is 18.4 Å². The summed E-state index contributed by atoms with van der Waals surface area (Å²) in [5, 5.41) is 12.9. The maximum atomic E-state index is 13.2. The average molecular weight is 473 g/mol. The SMILES string of the molecule is CNc1cc(Nc2cccn([C@H]3CCN(CCF)C3)c2=O)nc2c(C(=O)N[C@@H]3C[C@@H]3F)cnn12. The van der Waals surface area contributed by atoms with Gasteiger partial charge >= 0.3 is 0 Å². The fraction of sp³-hybridized carbons (Fsp3) is 0.455. The molecule has 0 bridgehead atoms. The van der Waals surface area contributed by atoms with Crippen LogP contribution in [0.15, 0.2) is 35.4 Å². The zero-order chi connectivity index (χ0) is 23.8. The third-order valence-electron chi connectivity index (χ3n) is 6.28. The molecule has 10 nitrogen and oxygen atoms in total. The highest BCUT2D eigenvalue weighted by atomic mass is 19.1. The predicted molar refractivity (Wildman–Crippen MR) is 123 cm³/mol. The number of hydrogen-bond acceptors (Lipinski definition) is 7. The van der Waals surface area contributed by atoms with Gasteiger partial charge in [-0.05, 0) is 18.6 Å². The molecule has 4 heterocycles. The van der Waals surface area contributed by atoms with Crippen molar-refractivity contribution in [2.24, 2.45) is 0 Å². The lowest BCUT2D eigenvalue weighted by atomic mass is 10.2. The summed E-state index contributed by atoms with van der Waals surface area (Å²) in [5.41, 5.74) is 0.603. The molecule has 2 aliphatic rings. The number of aromatic nitrogens is 4. The Balaban J connectivity index is 1.43. The Bertz CT molecular complexity index is 1280. The van der Waals surface area contributed by atoms with Crippen LogP contribution in [0.25, 0.3) is 5.65 Å². The second kappa shape index (κ2) is 9.01. The number of halogens is 2. The van der Waals surface area contributed by atoms with E-state index in [4.69, 9.17) is 0 Å². The smallest absolute Gasteiger partial charge is 0.274 e. The van der Waals surface area contributed by atoms with E-state index >= 15 is 0 Å². The number of hydrogen-bond donors (Lipinski definition) is 3. The lowest BCUT2D eigenvalue weighted by molar-refractivity contribution is 0.0949. The van der Waals surface area contributed by atoms with Gasteiger partial charge in [-0.3, -0.25) is 14.5 Å². The molecule has 180 valence electrons. The molecule has 12 heteroatoms. The first-order valence-electron chi connectivity index (χ1n) is 11.3. The second-order valence-corrected chi connectivity index (χ2v) is 8.59. The van der Waals surface area contributed by atoms with E-state index in [1.165, 1.54) is 10.7 Å². The largest absolute Gasteiger partial charge is 0.373 e. The topological polar surface area (TPSA) is 109 Å². The van der Waals surface area contributed by atoms with E-state index in [-0.39, 0.29) is 22.8 Å². The number of alkyl halides is 2. The first kappa shape index (κ1) is 22.3. The van der Waals surface area contributed by atoms with Crippen LogP contribution in [-0.4, -0.2) is 75.5 Å². The summed E-state index contributed by atoms with van der Waals surface area (Å²) in [7, 11) is 1.71. The van der Waals surface area contributed by atoms with Crippen molar-refractivity contribution < 1.29 is 13.6 Å². The fourth-order valence-electron chi connectivity index (χ4n) is 4.32. The van der Waals surface area contributed by atoms with Gasteiger partial charge in [-0.15, -0.1) is 0 Å². The quantitative estimate of drug-likeness (QED) is 0.458. The molecule has 1 saturated carbocycles. The fourth-order valence-corrected chi connectivity index (χ4v) is 4.32. The van der Waals surface area contributed by atoms with Gasteiger partial charge in [0.25, 0.3) is 11.5 Å². The first-order chi connectivity index (χ1) is 16.5. The minimum absolute atomic E-state index is 0.0315. The van der Waals surface area contributed by atoms with E-state index in [2.05, 4.69) is 26.0 Å². The van der Waals surface area contributed by atoms with Crippen LogP contribution in [0.1, 0.15) is 29.2 Å². The van der Waals surface area contributed by atoms with Gasteiger partial charge in [0.2, 0.25) is 0 Å². The zero-order valence-electron chi connectivity index (χ0n) is 18.7. The standard InChI is InChI=1S/C22H26F2N8O2/c1-25-19-10-18(29-20-14(11-26-32(19)20)21(33)28-17-9-15(17)24)27-16-3-2-6-31(22(16)34)13-4-7-30(12-13)8-5-23/h2-3,6,10-11,13,15,17,25H,4-5,7-9,12H2,1H3,(H,27,29)(H,28,33)/t13-,15-,17+/m0/s1. The van der Waals surface area contributed by atoms with Gasteiger partial charge in [-0.1, -0.05) is 0 Å². The van der Waals surface area contributed by atoms with Crippen molar-refractivity contribution in [3.63, 3.8) is 0 Å². The van der Waals surface area contributed by atoms with Gasteiger partial charge in [0, 0.05) is 45.4 Å². The highest BCUT2D eigenvalue weighted by molar-refractivity contribution is 6.00. The maximum absolute atomic E-state index is 13.2. The maximum Gasteiger partial charge on any atom is 0.274 e. The molecular weight excluding hydrogens is 446 g/mol. The van der Waals surface area contributed by atoms with Crippen molar-refractivity contribution in [2.75, 3.05) is 44.0 Å². The highest BCUT2D eigenvalue weighted by Gasteiger charge is 2.39. The number of amides is 1. The zero-order valence-corrected chi connectivity index (χ0v) is 18.7. The number of pyridine rings is 1. The van der Waals surface area contributed by atoms with Crippen LogP contribution in [0.4, 0.5) is 26.1 Å². The van der Waals surface area contributed by atoms with Crippen molar-refractivity contribution >= 4 is 28.9 Å². The molecule has 3 atom stereocenters. The molecule has 1 saturated heterocycles. The number of carbonyl (C=O) groups excluding carboxylic acids is 1. The molecule has 1 aliphatic heterocycles. The molecule has 0 radical (unpaired) electrons. The molecular formula is C22H26F2N8O2. The van der Waals surface area contributed by atoms with Gasteiger partial charge in [-0.2, -0.15) is 9.61 Å². The van der Waals surface area contributed by atoms with Crippen LogP contribution in [0, 0.1) is 0 Å². The lowest BCUT2D eigenvalue weighted by Gasteiger charge is -2.17. The van der Waals surface area contributed by atoms with Crippen molar-refractivity contribution in [1.29, 1.82) is 0 Å². The summed E-state index contributed by atoms with van der Waals surface area (Å²) in [6, 6.07) is 4.61. The number of carbonyl (C=O) groups is 1. The second-order valence-electron chi connectivity index (χ2n) is 8.59. The van der Waals surface area contributed by atoms with E-state index in [1.807, 2.05) is 4.90 Å². The Kier molecular flexibility index (Phi) is 5.90. The summed E-state index contributed by atoms with van der Waals surface area (Å²) >= 11 is 0. The number of nitrogens with zero attached hydrogens (tertiary/aromatic N) is 5. The number of fused-ring (bicyclic) bond motifs is 1. The number of rotatable bonds is 8. The molecule has 0 unspecified atom stereocenters. The summed E-state index contributed by atoms with van der Waals surface area (Å²) in [6.45, 7) is 1.33. The molecule has 0 spiro atoms. The molecule has 0 aromatic carbocycles. The van der Waals surface area contributed by atoms with Crippen molar-refractivity contribution in [1.82, 2.24) is 29.4 Å². The summed E-state index contributed by atoms with van der Waals surface area (Å²) < 4.78 is 29.1. The molecule has 34 heavy (non-hydrogen) atoms. The van der Waals surface area contributed by atoms with Crippen LogP contribution in [0.5, 0.6) is 0 Å². The Morgan fingerprint density at radius 3 is 2.91 bits per heavy atom. The molecule has 3 aromatic rings. The number of nitrogens with one attached hydrogen (secondary N) is 3. The summed E-state index contributed by atoms with van der Waals surface area (Å²) in [6.07, 6.45) is 3.18. The van der Waals surface area contributed by atoms with Crippen molar-refractivity contribution in [3.8, 4) is 0 Å². The Morgan fingerprint density at radius 1 is 1.35 bits per heavy atom. The van der Waals surface area contributed by atoms with E-state index in [0.717, 1.165) is 13.0 Å². The molecule has 1 amide bonds. The van der Waals surface area contributed by atoms with Crippen LogP contribution >= 0.6 is 0 Å². The van der Waals surface area contributed by atoms with Crippen molar-refractivity contribution in [3.05, 3.63) is 46.5 Å². The van der Waals surface area contributed by atoms with Crippen LogP contribution < -0.4 is 21.5 Å². The normalized spacial score (nSPS) is 22.1. The Morgan fingerprint density at radius 2 is 2.18 bits per heavy atom. The van der Waals surface area contributed by atoms with Gasteiger partial charge in [0.1, 0.15) is 35.7 Å². The predicted octanol–water partition coefficient (Wildman–Crippen LogP) is 1.73.